The van der Waals surface area contributed by atoms with Crippen molar-refractivity contribution in [3.63, 3.8) is 0 Å². The molecule has 1 rings (SSSR count). The van der Waals surface area contributed by atoms with Crippen molar-refractivity contribution in [2.45, 2.75) is 19.8 Å². The zero-order chi connectivity index (χ0) is 9.68. The van der Waals surface area contributed by atoms with Crippen LogP contribution in [0.3, 0.4) is 0 Å². The average Bonchev–Trinajstić information content (AvgIpc) is 2.18. The van der Waals surface area contributed by atoms with Crippen LogP contribution in [0, 0.1) is 18.3 Å². The molecule has 3 nitrogen and oxygen atoms in total. The third kappa shape index (κ3) is 2.66. The van der Waals surface area contributed by atoms with Crippen molar-refractivity contribution in [2.75, 3.05) is 19.7 Å². The molecule has 0 unspecified atom stereocenters. The van der Waals surface area contributed by atoms with E-state index in [4.69, 9.17) is 11.2 Å². The Morgan fingerprint density at radius 3 is 2.69 bits per heavy atom. The summed E-state index contributed by atoms with van der Waals surface area (Å²) in [7, 11) is 0. The summed E-state index contributed by atoms with van der Waals surface area (Å²) in [5.41, 5.74) is 0. The van der Waals surface area contributed by atoms with E-state index in [0.29, 0.717) is 12.5 Å². The van der Waals surface area contributed by atoms with Gasteiger partial charge in [0.25, 0.3) is 0 Å². The number of ether oxygens (including phenoxy) is 1. The van der Waals surface area contributed by atoms with Crippen molar-refractivity contribution in [1.82, 2.24) is 4.90 Å². The van der Waals surface area contributed by atoms with Crippen molar-refractivity contribution < 1.29 is 9.53 Å². The van der Waals surface area contributed by atoms with E-state index in [0.717, 1.165) is 25.9 Å². The molecule has 1 amide bonds. The van der Waals surface area contributed by atoms with E-state index in [1.165, 1.54) is 0 Å². The Kier molecular flexibility index (Phi) is 3.63. The number of hydrogen-bond acceptors (Lipinski definition) is 2. The Balaban J connectivity index is 2.33. The monoisotopic (exact) mass is 181 g/mol. The van der Waals surface area contributed by atoms with Crippen LogP contribution in [0.25, 0.3) is 0 Å². The lowest BCUT2D eigenvalue weighted by Crippen LogP contribution is -2.38. The van der Waals surface area contributed by atoms with Crippen molar-refractivity contribution in [3.05, 3.63) is 0 Å². The fraction of sp³-hybridized carbons (Fsp3) is 0.700. The van der Waals surface area contributed by atoms with Gasteiger partial charge in [0.15, 0.2) is 0 Å². The van der Waals surface area contributed by atoms with Crippen molar-refractivity contribution in [2.24, 2.45) is 5.92 Å². The second kappa shape index (κ2) is 4.76. The topological polar surface area (TPSA) is 29.5 Å². The first-order valence-electron chi connectivity index (χ1n) is 4.65. The van der Waals surface area contributed by atoms with E-state index >= 15 is 0 Å². The molecule has 0 saturated carbocycles. The molecular formula is C10H15NO2. The molecule has 13 heavy (non-hydrogen) atoms. The number of carbonyl (C=O) groups is 1. The molecule has 1 heterocycles. The summed E-state index contributed by atoms with van der Waals surface area (Å²) in [5, 5.41) is 0. The van der Waals surface area contributed by atoms with Gasteiger partial charge in [0.1, 0.15) is 0 Å². The maximum Gasteiger partial charge on any atom is 0.409 e. The zero-order valence-corrected chi connectivity index (χ0v) is 7.95. The maximum atomic E-state index is 11.2. The highest BCUT2D eigenvalue weighted by Gasteiger charge is 2.21. The number of rotatable bonds is 1. The van der Waals surface area contributed by atoms with Gasteiger partial charge in [0.2, 0.25) is 0 Å². The molecule has 3 heteroatoms. The number of piperidine rings is 1. The molecule has 1 saturated heterocycles. The molecule has 1 fully saturated rings. The number of carbonyl (C=O) groups excluding carboxylic acids is 1. The van der Waals surface area contributed by atoms with Crippen molar-refractivity contribution >= 4 is 6.09 Å². The van der Waals surface area contributed by atoms with Gasteiger partial charge in [0, 0.05) is 19.0 Å². The van der Waals surface area contributed by atoms with E-state index in [1.54, 1.807) is 4.90 Å². The molecule has 0 bridgehead atoms. The van der Waals surface area contributed by atoms with Gasteiger partial charge >= 0.3 is 6.09 Å². The van der Waals surface area contributed by atoms with Gasteiger partial charge in [-0.1, -0.05) is 0 Å². The second-order valence-corrected chi connectivity index (χ2v) is 3.13. The van der Waals surface area contributed by atoms with Crippen LogP contribution in [0.5, 0.6) is 0 Å². The van der Waals surface area contributed by atoms with Gasteiger partial charge in [-0.25, -0.2) is 4.79 Å². The first-order valence-corrected chi connectivity index (χ1v) is 4.65. The van der Waals surface area contributed by atoms with Gasteiger partial charge in [-0.2, -0.15) is 0 Å². The molecule has 0 aromatic heterocycles. The van der Waals surface area contributed by atoms with Crippen molar-refractivity contribution in [3.8, 4) is 12.3 Å². The molecule has 1 aliphatic rings. The highest BCUT2D eigenvalue weighted by atomic mass is 16.6. The summed E-state index contributed by atoms with van der Waals surface area (Å²) in [6, 6.07) is 0. The Bertz CT molecular complexity index is 211. The molecule has 0 aromatic carbocycles. The molecule has 0 N–H and O–H groups in total. The van der Waals surface area contributed by atoms with E-state index in [2.05, 4.69) is 5.92 Å². The summed E-state index contributed by atoms with van der Waals surface area (Å²) >= 11 is 0. The van der Waals surface area contributed by atoms with Crippen LogP contribution in [0.15, 0.2) is 0 Å². The van der Waals surface area contributed by atoms with E-state index in [-0.39, 0.29) is 6.09 Å². The third-order valence-corrected chi connectivity index (χ3v) is 2.26. The molecule has 0 aliphatic carbocycles. The normalized spacial score (nSPS) is 18.0. The minimum Gasteiger partial charge on any atom is -0.450 e. The van der Waals surface area contributed by atoms with Crippen LogP contribution in [-0.2, 0) is 4.74 Å². The van der Waals surface area contributed by atoms with Crippen LogP contribution in [0.4, 0.5) is 4.79 Å². The standard InChI is InChI=1S/C10H15NO2/c1-3-9-5-7-11(8-6-9)10(12)13-4-2/h1,9H,4-8H2,2H3. The Hall–Kier alpha value is -1.17. The van der Waals surface area contributed by atoms with Crippen LogP contribution in [0.2, 0.25) is 0 Å². The molecule has 0 atom stereocenters. The summed E-state index contributed by atoms with van der Waals surface area (Å²) in [6.45, 7) is 3.71. The number of nitrogens with zero attached hydrogens (tertiary/aromatic N) is 1. The Labute approximate surface area is 79.1 Å². The quantitative estimate of drug-likeness (QED) is 0.573. The maximum absolute atomic E-state index is 11.2. The minimum atomic E-state index is -0.210. The number of likely N-dealkylation sites (tertiary alicyclic amines) is 1. The summed E-state index contributed by atoms with van der Waals surface area (Å²) < 4.78 is 4.89. The lowest BCUT2D eigenvalue weighted by atomic mass is 9.98. The predicted molar refractivity (Wildman–Crippen MR) is 50.2 cm³/mol. The fourth-order valence-electron chi connectivity index (χ4n) is 1.44. The molecule has 72 valence electrons. The fourth-order valence-corrected chi connectivity index (χ4v) is 1.44. The highest BCUT2D eigenvalue weighted by molar-refractivity contribution is 5.67. The SMILES string of the molecule is C#CC1CCN(C(=O)OCC)CC1. The van der Waals surface area contributed by atoms with Crippen LogP contribution in [0.1, 0.15) is 19.8 Å². The molecule has 0 spiro atoms. The third-order valence-electron chi connectivity index (χ3n) is 2.26. The second-order valence-electron chi connectivity index (χ2n) is 3.13. The zero-order valence-electron chi connectivity index (χ0n) is 7.95. The highest BCUT2D eigenvalue weighted by Crippen LogP contribution is 2.16. The van der Waals surface area contributed by atoms with Gasteiger partial charge in [-0.05, 0) is 19.8 Å². The van der Waals surface area contributed by atoms with Gasteiger partial charge in [-0.15, -0.1) is 12.3 Å². The van der Waals surface area contributed by atoms with Crippen molar-refractivity contribution in [1.29, 1.82) is 0 Å². The molecular weight excluding hydrogens is 166 g/mol. The van der Waals surface area contributed by atoms with E-state index in [9.17, 15) is 4.79 Å². The number of terminal acetylenes is 1. The minimum absolute atomic E-state index is 0.210. The summed E-state index contributed by atoms with van der Waals surface area (Å²) in [4.78, 5) is 13.0. The average molecular weight is 181 g/mol. The number of amides is 1. The smallest absolute Gasteiger partial charge is 0.409 e. The molecule has 1 aliphatic heterocycles. The van der Waals surface area contributed by atoms with Crippen LogP contribution >= 0.6 is 0 Å². The largest absolute Gasteiger partial charge is 0.450 e. The lowest BCUT2D eigenvalue weighted by molar-refractivity contribution is 0.0959. The molecule has 0 aromatic rings. The van der Waals surface area contributed by atoms with Crippen LogP contribution < -0.4 is 0 Å². The molecule has 0 radical (unpaired) electrons. The van der Waals surface area contributed by atoms with Gasteiger partial charge in [0.05, 0.1) is 6.61 Å². The number of hydrogen-bond donors (Lipinski definition) is 0. The summed E-state index contributed by atoms with van der Waals surface area (Å²) in [6.07, 6.45) is 6.88. The van der Waals surface area contributed by atoms with Crippen LogP contribution in [-0.4, -0.2) is 30.7 Å². The van der Waals surface area contributed by atoms with E-state index < -0.39 is 0 Å². The van der Waals surface area contributed by atoms with Gasteiger partial charge in [-0.3, -0.25) is 0 Å². The predicted octanol–water partition coefficient (Wildman–Crippen LogP) is 1.49. The first-order chi connectivity index (χ1) is 6.27. The lowest BCUT2D eigenvalue weighted by Gasteiger charge is -2.28. The Morgan fingerprint density at radius 2 is 2.23 bits per heavy atom. The van der Waals surface area contributed by atoms with Gasteiger partial charge < -0.3 is 9.64 Å². The summed E-state index contributed by atoms with van der Waals surface area (Å²) in [5.74, 6) is 3.06. The Morgan fingerprint density at radius 1 is 1.62 bits per heavy atom. The first kappa shape index (κ1) is 9.91. The van der Waals surface area contributed by atoms with E-state index in [1.807, 2.05) is 6.92 Å².